The molecule has 0 bridgehead atoms. The van der Waals surface area contributed by atoms with Crippen molar-refractivity contribution in [2.24, 2.45) is 0 Å². The second-order valence-corrected chi connectivity index (χ2v) is 7.09. The molecular weight excluding hydrogens is 270 g/mol. The first kappa shape index (κ1) is 14.3. The van der Waals surface area contributed by atoms with Gasteiger partial charge in [-0.25, -0.2) is 4.98 Å². The molecule has 1 aliphatic heterocycles. The van der Waals surface area contributed by atoms with Crippen LogP contribution >= 0.6 is 11.3 Å². The summed E-state index contributed by atoms with van der Waals surface area (Å²) >= 11 is 1.68. The normalized spacial score (nSPS) is 22.2. The Morgan fingerprint density at radius 3 is 2.55 bits per heavy atom. The Bertz CT molecular complexity index is 450. The summed E-state index contributed by atoms with van der Waals surface area (Å²) in [6.45, 7) is 8.99. The highest BCUT2D eigenvalue weighted by molar-refractivity contribution is 7.15. The van der Waals surface area contributed by atoms with Gasteiger partial charge in [-0.2, -0.15) is 0 Å². The molecule has 1 aromatic rings. The zero-order valence-corrected chi connectivity index (χ0v) is 13.3. The number of aliphatic hydroxyl groups is 1. The van der Waals surface area contributed by atoms with Crippen molar-refractivity contribution in [1.82, 2.24) is 9.88 Å². The monoisotopic (exact) mass is 295 g/mol. The number of rotatable bonds is 5. The van der Waals surface area contributed by atoms with Crippen LogP contribution in [-0.2, 0) is 6.61 Å². The lowest BCUT2D eigenvalue weighted by molar-refractivity contribution is 0.248. The fraction of sp³-hybridized carbons (Fsp3) is 0.800. The summed E-state index contributed by atoms with van der Waals surface area (Å²) in [7, 11) is 0. The summed E-state index contributed by atoms with van der Waals surface area (Å²) < 4.78 is 0. The van der Waals surface area contributed by atoms with E-state index in [4.69, 9.17) is 4.98 Å². The number of thiazole rings is 1. The average molecular weight is 295 g/mol. The van der Waals surface area contributed by atoms with E-state index in [1.807, 2.05) is 0 Å². The van der Waals surface area contributed by atoms with Crippen LogP contribution in [0.3, 0.4) is 0 Å². The van der Waals surface area contributed by atoms with Gasteiger partial charge in [-0.05, 0) is 25.2 Å². The van der Waals surface area contributed by atoms with E-state index >= 15 is 0 Å². The molecule has 0 aromatic carbocycles. The van der Waals surface area contributed by atoms with Crippen LogP contribution in [-0.4, -0.2) is 47.2 Å². The molecule has 1 unspecified atom stereocenters. The van der Waals surface area contributed by atoms with Gasteiger partial charge < -0.3 is 10.0 Å². The molecule has 2 fully saturated rings. The third-order valence-electron chi connectivity index (χ3n) is 4.59. The summed E-state index contributed by atoms with van der Waals surface area (Å²) in [6, 6.07) is 0.872. The molecule has 2 aliphatic rings. The smallest absolute Gasteiger partial charge is 0.185 e. The van der Waals surface area contributed by atoms with Crippen molar-refractivity contribution >= 4 is 16.5 Å². The molecule has 0 radical (unpaired) electrons. The number of nitrogens with zero attached hydrogens (tertiary/aromatic N) is 3. The Hall–Kier alpha value is -0.650. The number of aliphatic hydroxyl groups excluding tert-OH is 1. The molecule has 0 amide bonds. The molecule has 0 spiro atoms. The van der Waals surface area contributed by atoms with Crippen LogP contribution in [0, 0.1) is 0 Å². The maximum Gasteiger partial charge on any atom is 0.185 e. The van der Waals surface area contributed by atoms with Gasteiger partial charge in [0.05, 0.1) is 17.2 Å². The van der Waals surface area contributed by atoms with Gasteiger partial charge in [0.2, 0.25) is 0 Å². The van der Waals surface area contributed by atoms with E-state index in [9.17, 15) is 5.11 Å². The number of hydrogen-bond acceptors (Lipinski definition) is 5. The van der Waals surface area contributed by atoms with Crippen molar-refractivity contribution in [2.45, 2.75) is 51.7 Å². The number of hydrogen-bond donors (Lipinski definition) is 1. The fourth-order valence-electron chi connectivity index (χ4n) is 2.90. The van der Waals surface area contributed by atoms with Crippen LogP contribution in [0.15, 0.2) is 0 Å². The van der Waals surface area contributed by atoms with Gasteiger partial charge in [-0.15, -0.1) is 0 Å². The third-order valence-corrected chi connectivity index (χ3v) is 5.70. The Labute approximate surface area is 125 Å². The fourth-order valence-corrected chi connectivity index (χ4v) is 3.99. The minimum Gasteiger partial charge on any atom is -0.391 e. The van der Waals surface area contributed by atoms with Gasteiger partial charge in [0.25, 0.3) is 0 Å². The lowest BCUT2D eigenvalue weighted by atomic mass is 10.0. The van der Waals surface area contributed by atoms with Crippen molar-refractivity contribution in [3.05, 3.63) is 10.6 Å². The van der Waals surface area contributed by atoms with Gasteiger partial charge in [0.15, 0.2) is 5.13 Å². The van der Waals surface area contributed by atoms with Crippen LogP contribution in [0.1, 0.15) is 49.6 Å². The standard InChI is InChI=1S/C15H25N3OS/c1-3-11(2)14-13(10-19)20-15(16-14)18-8-6-17(7-9-18)12-4-5-12/h11-12,19H,3-10H2,1-2H3. The Morgan fingerprint density at radius 1 is 1.30 bits per heavy atom. The molecule has 112 valence electrons. The van der Waals surface area contributed by atoms with Gasteiger partial charge >= 0.3 is 0 Å². The van der Waals surface area contributed by atoms with Crippen LogP contribution in [0.4, 0.5) is 5.13 Å². The summed E-state index contributed by atoms with van der Waals surface area (Å²) in [6.07, 6.45) is 3.86. The van der Waals surface area contributed by atoms with Crippen molar-refractivity contribution in [3.8, 4) is 0 Å². The van der Waals surface area contributed by atoms with Gasteiger partial charge in [-0.1, -0.05) is 25.2 Å². The molecule has 1 saturated heterocycles. The van der Waals surface area contributed by atoms with Crippen molar-refractivity contribution in [1.29, 1.82) is 0 Å². The molecule has 1 aromatic heterocycles. The third kappa shape index (κ3) is 2.85. The molecule has 20 heavy (non-hydrogen) atoms. The minimum absolute atomic E-state index is 0.124. The predicted octanol–water partition coefficient (Wildman–Crippen LogP) is 2.43. The van der Waals surface area contributed by atoms with Crippen molar-refractivity contribution < 1.29 is 5.11 Å². The maximum absolute atomic E-state index is 9.54. The summed E-state index contributed by atoms with van der Waals surface area (Å²) in [5.41, 5.74) is 1.11. The van der Waals surface area contributed by atoms with E-state index in [0.717, 1.165) is 54.3 Å². The summed E-state index contributed by atoms with van der Waals surface area (Å²) in [4.78, 5) is 10.9. The summed E-state index contributed by atoms with van der Waals surface area (Å²) in [5, 5.41) is 10.7. The lowest BCUT2D eigenvalue weighted by Gasteiger charge is -2.34. The van der Waals surface area contributed by atoms with E-state index in [0.29, 0.717) is 5.92 Å². The molecule has 3 rings (SSSR count). The zero-order chi connectivity index (χ0) is 14.1. The Kier molecular flexibility index (Phi) is 4.29. The largest absolute Gasteiger partial charge is 0.391 e. The first-order valence-electron chi connectivity index (χ1n) is 7.82. The molecule has 1 saturated carbocycles. The van der Waals surface area contributed by atoms with E-state index in [2.05, 4.69) is 23.6 Å². The van der Waals surface area contributed by atoms with Gasteiger partial charge in [-0.3, -0.25) is 4.90 Å². The van der Waals surface area contributed by atoms with Gasteiger partial charge in [0, 0.05) is 32.2 Å². The molecule has 1 aliphatic carbocycles. The first-order chi connectivity index (χ1) is 9.72. The van der Waals surface area contributed by atoms with E-state index in [-0.39, 0.29) is 6.61 Å². The van der Waals surface area contributed by atoms with Crippen LogP contribution in [0.5, 0.6) is 0 Å². The van der Waals surface area contributed by atoms with Crippen molar-refractivity contribution in [2.75, 3.05) is 31.1 Å². The first-order valence-corrected chi connectivity index (χ1v) is 8.64. The lowest BCUT2D eigenvalue weighted by Crippen LogP contribution is -2.47. The maximum atomic E-state index is 9.54. The second-order valence-electron chi connectivity index (χ2n) is 6.03. The SMILES string of the molecule is CCC(C)c1nc(N2CCN(C3CC3)CC2)sc1CO. The molecular formula is C15H25N3OS. The molecule has 2 heterocycles. The quantitative estimate of drug-likeness (QED) is 0.905. The van der Waals surface area contributed by atoms with Crippen molar-refractivity contribution in [3.63, 3.8) is 0 Å². The second kappa shape index (κ2) is 6.00. The topological polar surface area (TPSA) is 39.6 Å². The zero-order valence-electron chi connectivity index (χ0n) is 12.5. The number of anilines is 1. The molecule has 4 nitrogen and oxygen atoms in total. The van der Waals surface area contributed by atoms with E-state index in [1.54, 1.807) is 11.3 Å². The number of aromatic nitrogens is 1. The van der Waals surface area contributed by atoms with Crippen LogP contribution in [0.25, 0.3) is 0 Å². The Balaban J connectivity index is 1.69. The van der Waals surface area contributed by atoms with E-state index < -0.39 is 0 Å². The van der Waals surface area contributed by atoms with E-state index in [1.165, 1.54) is 12.8 Å². The number of piperazine rings is 1. The highest BCUT2D eigenvalue weighted by Crippen LogP contribution is 2.34. The Morgan fingerprint density at radius 2 is 2.00 bits per heavy atom. The summed E-state index contributed by atoms with van der Waals surface area (Å²) in [5.74, 6) is 0.440. The molecule has 5 heteroatoms. The predicted molar refractivity (Wildman–Crippen MR) is 83.6 cm³/mol. The minimum atomic E-state index is 0.124. The molecule has 1 N–H and O–H groups in total. The average Bonchev–Trinajstić information content (AvgIpc) is 3.25. The highest BCUT2D eigenvalue weighted by atomic mass is 32.1. The highest BCUT2D eigenvalue weighted by Gasteiger charge is 2.32. The van der Waals surface area contributed by atoms with Gasteiger partial charge in [0.1, 0.15) is 0 Å². The van der Waals surface area contributed by atoms with Crippen LogP contribution < -0.4 is 4.90 Å². The van der Waals surface area contributed by atoms with Crippen LogP contribution in [0.2, 0.25) is 0 Å². The molecule has 1 atom stereocenters.